The average molecular weight is 352 g/mol. The van der Waals surface area contributed by atoms with Gasteiger partial charge in [0, 0.05) is 18.6 Å². The molecule has 0 unspecified atom stereocenters. The number of benzene rings is 3. The lowest BCUT2D eigenvalue weighted by molar-refractivity contribution is 0.492. The Labute approximate surface area is 149 Å². The first-order valence-electron chi connectivity index (χ1n) is 8.25. The molecule has 4 rings (SSSR count). The van der Waals surface area contributed by atoms with Gasteiger partial charge in [-0.05, 0) is 11.1 Å². The van der Waals surface area contributed by atoms with Crippen LogP contribution in [0.3, 0.4) is 0 Å². The van der Waals surface area contributed by atoms with Gasteiger partial charge in [0.05, 0.1) is 17.4 Å². The van der Waals surface area contributed by atoms with Crippen LogP contribution in [0.15, 0.2) is 77.9 Å². The molecule has 26 heavy (non-hydrogen) atoms. The molecule has 0 amide bonds. The number of hydrazone groups is 1. The van der Waals surface area contributed by atoms with Gasteiger partial charge in [-0.25, -0.2) is 13.2 Å². The van der Waals surface area contributed by atoms with Gasteiger partial charge in [0.1, 0.15) is 0 Å². The van der Waals surface area contributed by atoms with Crippen LogP contribution in [-0.4, -0.2) is 5.71 Å². The Hall–Kier alpha value is -3.08. The average Bonchev–Trinajstić information content (AvgIpc) is 3.11. The van der Waals surface area contributed by atoms with E-state index in [1.165, 1.54) is 5.01 Å². The normalized spacial score (nSPS) is 16.7. The van der Waals surface area contributed by atoms with Crippen LogP contribution in [-0.2, 0) is 0 Å². The van der Waals surface area contributed by atoms with Crippen molar-refractivity contribution in [3.05, 3.63) is 101 Å². The standard InChI is InChI=1S/C21H15F3N2/c22-16-11-18(24)21(12-17(16)23)26-20(15-9-5-2-6-10-15)13-19(25-26)14-7-3-1-4-8-14/h1-12,20H,13H2/t20-/m0/s1. The van der Waals surface area contributed by atoms with Gasteiger partial charge in [0.2, 0.25) is 0 Å². The molecule has 130 valence electrons. The fourth-order valence-corrected chi connectivity index (χ4v) is 3.16. The van der Waals surface area contributed by atoms with Crippen molar-refractivity contribution in [2.24, 2.45) is 5.10 Å². The molecule has 0 saturated carbocycles. The maximum absolute atomic E-state index is 14.4. The summed E-state index contributed by atoms with van der Waals surface area (Å²) in [5.41, 5.74) is 2.53. The molecule has 0 saturated heterocycles. The zero-order chi connectivity index (χ0) is 18.1. The molecule has 0 radical (unpaired) electrons. The van der Waals surface area contributed by atoms with Crippen LogP contribution in [0.5, 0.6) is 0 Å². The summed E-state index contributed by atoms with van der Waals surface area (Å²) < 4.78 is 41.5. The molecular weight excluding hydrogens is 337 g/mol. The molecule has 0 bridgehead atoms. The SMILES string of the molecule is Fc1cc(F)c(N2N=C(c3ccccc3)C[C@H]2c2ccccc2)cc1F. The van der Waals surface area contributed by atoms with Crippen LogP contribution in [0.25, 0.3) is 0 Å². The maximum Gasteiger partial charge on any atom is 0.161 e. The van der Waals surface area contributed by atoms with E-state index in [2.05, 4.69) is 5.10 Å². The molecule has 0 aliphatic carbocycles. The second-order valence-corrected chi connectivity index (χ2v) is 6.11. The van der Waals surface area contributed by atoms with Gasteiger partial charge in [-0.15, -0.1) is 0 Å². The van der Waals surface area contributed by atoms with Gasteiger partial charge in [-0.1, -0.05) is 60.7 Å². The minimum absolute atomic E-state index is 0.0799. The molecule has 1 aliphatic rings. The Morgan fingerprint density at radius 3 is 2.08 bits per heavy atom. The fraction of sp³-hybridized carbons (Fsp3) is 0.0952. The Bertz CT molecular complexity index is 956. The zero-order valence-corrected chi connectivity index (χ0v) is 13.7. The van der Waals surface area contributed by atoms with Gasteiger partial charge in [-0.2, -0.15) is 5.10 Å². The van der Waals surface area contributed by atoms with Crippen molar-refractivity contribution in [3.63, 3.8) is 0 Å². The highest BCUT2D eigenvalue weighted by Gasteiger charge is 2.32. The molecule has 3 aromatic rings. The molecule has 2 nitrogen and oxygen atoms in total. The second-order valence-electron chi connectivity index (χ2n) is 6.11. The van der Waals surface area contributed by atoms with Gasteiger partial charge < -0.3 is 0 Å². The van der Waals surface area contributed by atoms with Gasteiger partial charge in [-0.3, -0.25) is 5.01 Å². The summed E-state index contributed by atoms with van der Waals surface area (Å²) in [6, 6.07) is 20.2. The molecular formula is C21H15F3N2. The van der Waals surface area contributed by atoms with Crippen molar-refractivity contribution >= 4 is 11.4 Å². The van der Waals surface area contributed by atoms with Crippen LogP contribution in [0.2, 0.25) is 0 Å². The lowest BCUT2D eigenvalue weighted by Crippen LogP contribution is -2.20. The molecule has 0 N–H and O–H groups in total. The van der Waals surface area contributed by atoms with Crippen molar-refractivity contribution in [1.82, 2.24) is 0 Å². The number of rotatable bonds is 3. The molecule has 0 aromatic heterocycles. The highest BCUT2D eigenvalue weighted by molar-refractivity contribution is 6.03. The first kappa shape index (κ1) is 16.4. The second kappa shape index (κ2) is 6.67. The molecule has 1 aliphatic heterocycles. The van der Waals surface area contributed by atoms with Crippen LogP contribution in [0, 0.1) is 17.5 Å². The molecule has 0 fully saturated rings. The Morgan fingerprint density at radius 1 is 0.769 bits per heavy atom. The van der Waals surface area contributed by atoms with Crippen molar-refractivity contribution in [2.45, 2.75) is 12.5 Å². The quantitative estimate of drug-likeness (QED) is 0.572. The third-order valence-corrected chi connectivity index (χ3v) is 4.44. The zero-order valence-electron chi connectivity index (χ0n) is 13.7. The summed E-state index contributed by atoms with van der Waals surface area (Å²) >= 11 is 0. The van der Waals surface area contributed by atoms with E-state index < -0.39 is 17.5 Å². The highest BCUT2D eigenvalue weighted by Crippen LogP contribution is 2.38. The van der Waals surface area contributed by atoms with Crippen LogP contribution in [0.4, 0.5) is 18.9 Å². The topological polar surface area (TPSA) is 15.6 Å². The van der Waals surface area contributed by atoms with Crippen LogP contribution < -0.4 is 5.01 Å². The van der Waals surface area contributed by atoms with Crippen LogP contribution in [0.1, 0.15) is 23.6 Å². The fourth-order valence-electron chi connectivity index (χ4n) is 3.16. The number of halogens is 3. The molecule has 0 spiro atoms. The number of nitrogens with zero attached hydrogens (tertiary/aromatic N) is 2. The predicted octanol–water partition coefficient (Wildman–Crippen LogP) is 5.46. The summed E-state index contributed by atoms with van der Waals surface area (Å²) in [6.07, 6.45) is 0.534. The lowest BCUT2D eigenvalue weighted by Gasteiger charge is -2.24. The van der Waals surface area contributed by atoms with Gasteiger partial charge >= 0.3 is 0 Å². The van der Waals surface area contributed by atoms with E-state index in [1.807, 2.05) is 60.7 Å². The Kier molecular flexibility index (Phi) is 4.21. The summed E-state index contributed by atoms with van der Waals surface area (Å²) in [5, 5.41) is 5.98. The van der Waals surface area contributed by atoms with Crippen molar-refractivity contribution < 1.29 is 13.2 Å². The number of hydrogen-bond donors (Lipinski definition) is 0. The molecule has 5 heteroatoms. The van der Waals surface area contributed by atoms with E-state index in [9.17, 15) is 13.2 Å². The minimum Gasteiger partial charge on any atom is -0.254 e. The molecule has 1 atom stereocenters. The van der Waals surface area contributed by atoms with E-state index in [1.54, 1.807) is 0 Å². The number of anilines is 1. The van der Waals surface area contributed by atoms with E-state index in [0.717, 1.165) is 22.9 Å². The van der Waals surface area contributed by atoms with E-state index >= 15 is 0 Å². The van der Waals surface area contributed by atoms with Crippen molar-refractivity contribution in [2.75, 3.05) is 5.01 Å². The number of hydrogen-bond acceptors (Lipinski definition) is 2. The van der Waals surface area contributed by atoms with Crippen molar-refractivity contribution in [3.8, 4) is 0 Å². The summed E-state index contributed by atoms with van der Waals surface area (Å²) in [6.45, 7) is 0. The molecule has 3 aromatic carbocycles. The Morgan fingerprint density at radius 2 is 1.38 bits per heavy atom. The summed E-state index contributed by atoms with van der Waals surface area (Å²) in [4.78, 5) is 0. The third-order valence-electron chi connectivity index (χ3n) is 4.44. The monoisotopic (exact) mass is 352 g/mol. The maximum atomic E-state index is 14.4. The first-order chi connectivity index (χ1) is 12.6. The largest absolute Gasteiger partial charge is 0.254 e. The van der Waals surface area contributed by atoms with Crippen LogP contribution >= 0.6 is 0 Å². The van der Waals surface area contributed by atoms with E-state index in [0.29, 0.717) is 12.5 Å². The smallest absolute Gasteiger partial charge is 0.161 e. The van der Waals surface area contributed by atoms with E-state index in [4.69, 9.17) is 0 Å². The summed E-state index contributed by atoms with van der Waals surface area (Å²) in [7, 11) is 0. The lowest BCUT2D eigenvalue weighted by atomic mass is 9.98. The predicted molar refractivity (Wildman–Crippen MR) is 95.6 cm³/mol. The highest BCUT2D eigenvalue weighted by atomic mass is 19.2. The third kappa shape index (κ3) is 2.96. The summed E-state index contributed by atoms with van der Waals surface area (Å²) in [5.74, 6) is -3.16. The van der Waals surface area contributed by atoms with Crippen molar-refractivity contribution in [1.29, 1.82) is 0 Å². The van der Waals surface area contributed by atoms with Gasteiger partial charge in [0.25, 0.3) is 0 Å². The van der Waals surface area contributed by atoms with E-state index in [-0.39, 0.29) is 11.7 Å². The first-order valence-corrected chi connectivity index (χ1v) is 8.25. The minimum atomic E-state index is -1.21. The van der Waals surface area contributed by atoms with Gasteiger partial charge in [0.15, 0.2) is 17.5 Å². The Balaban J connectivity index is 1.82. The molecule has 1 heterocycles.